The third-order valence-electron chi connectivity index (χ3n) is 5.31. The van der Waals surface area contributed by atoms with Gasteiger partial charge in [-0.2, -0.15) is 0 Å². The molecule has 2 saturated heterocycles. The maximum Gasteiger partial charge on any atom is 0.335 e. The van der Waals surface area contributed by atoms with Crippen molar-refractivity contribution >= 4 is 17.7 Å². The molecule has 29 heavy (non-hydrogen) atoms. The Kier molecular flexibility index (Phi) is 9.64. The number of carbonyl (C=O) groups is 2. The Bertz CT molecular complexity index is 711. The van der Waals surface area contributed by atoms with E-state index in [9.17, 15) is 9.59 Å². The average Bonchev–Trinajstić information content (AvgIpc) is 3.31. The van der Waals surface area contributed by atoms with E-state index in [1.165, 1.54) is 6.07 Å². The van der Waals surface area contributed by atoms with Gasteiger partial charge in [0.25, 0.3) is 0 Å². The number of likely N-dealkylation sites (tertiary alicyclic amines) is 1. The van der Waals surface area contributed by atoms with Gasteiger partial charge in [-0.25, -0.2) is 15.0 Å². The third-order valence-corrected chi connectivity index (χ3v) is 5.31. The van der Waals surface area contributed by atoms with Gasteiger partial charge in [0, 0.05) is 44.5 Å². The second-order valence-corrected chi connectivity index (χ2v) is 7.20. The van der Waals surface area contributed by atoms with Crippen LogP contribution in [-0.4, -0.2) is 65.1 Å². The molecular formula is C21H29N5O3. The molecule has 0 aliphatic carbocycles. The van der Waals surface area contributed by atoms with Gasteiger partial charge in [-0.05, 0) is 44.7 Å². The first-order valence-electron chi connectivity index (χ1n) is 9.53. The van der Waals surface area contributed by atoms with Gasteiger partial charge in [0.2, 0.25) is 5.91 Å². The lowest BCUT2D eigenvalue weighted by Crippen LogP contribution is -2.54. The largest absolute Gasteiger partial charge is 0.478 e. The molecule has 0 unspecified atom stereocenters. The maximum atomic E-state index is 12.2. The Morgan fingerprint density at radius 1 is 1.21 bits per heavy atom. The minimum absolute atomic E-state index is 0.0731. The van der Waals surface area contributed by atoms with Gasteiger partial charge in [0.15, 0.2) is 0 Å². The van der Waals surface area contributed by atoms with Crippen LogP contribution < -0.4 is 10.2 Å². The number of amides is 1. The van der Waals surface area contributed by atoms with Crippen LogP contribution in [0, 0.1) is 24.7 Å². The fraction of sp³-hybridized carbons (Fsp3) is 0.524. The van der Waals surface area contributed by atoms with Crippen LogP contribution in [0.1, 0.15) is 43.0 Å². The molecule has 2 fully saturated rings. The van der Waals surface area contributed by atoms with Crippen LogP contribution in [0.25, 0.3) is 0 Å². The molecule has 8 nitrogen and oxygen atoms in total. The molecule has 8 heteroatoms. The Morgan fingerprint density at radius 3 is 2.34 bits per heavy atom. The topological polar surface area (TPSA) is 110 Å². The van der Waals surface area contributed by atoms with E-state index in [0.29, 0.717) is 12.4 Å². The maximum absolute atomic E-state index is 12.2. The number of terminal acetylenes is 1. The van der Waals surface area contributed by atoms with Gasteiger partial charge < -0.3 is 20.2 Å². The van der Waals surface area contributed by atoms with Crippen molar-refractivity contribution in [3.63, 3.8) is 0 Å². The predicted octanol–water partition coefficient (Wildman–Crippen LogP) is 1.74. The molecule has 3 heterocycles. The van der Waals surface area contributed by atoms with Crippen molar-refractivity contribution in [2.75, 3.05) is 37.6 Å². The molecule has 3 rings (SSSR count). The van der Waals surface area contributed by atoms with Gasteiger partial charge >= 0.3 is 5.97 Å². The van der Waals surface area contributed by atoms with Gasteiger partial charge in [-0.15, -0.1) is 12.8 Å². The van der Waals surface area contributed by atoms with Crippen LogP contribution in [0.3, 0.4) is 0 Å². The highest BCUT2D eigenvalue weighted by Crippen LogP contribution is 2.25. The van der Waals surface area contributed by atoms with Crippen molar-refractivity contribution in [2.24, 2.45) is 0 Å². The number of aromatic nitrogens is 1. The zero-order chi connectivity index (χ0) is 21.9. The Morgan fingerprint density at radius 2 is 1.79 bits per heavy atom. The van der Waals surface area contributed by atoms with Crippen molar-refractivity contribution in [1.82, 2.24) is 15.2 Å². The first-order valence-corrected chi connectivity index (χ1v) is 9.53. The summed E-state index contributed by atoms with van der Waals surface area (Å²) in [5.41, 5.74) is 0.184. The summed E-state index contributed by atoms with van der Waals surface area (Å²) in [6.45, 7) is 9.40. The van der Waals surface area contributed by atoms with E-state index in [0.717, 1.165) is 51.9 Å². The fourth-order valence-corrected chi connectivity index (χ4v) is 3.50. The van der Waals surface area contributed by atoms with Crippen molar-refractivity contribution in [3.05, 3.63) is 23.9 Å². The van der Waals surface area contributed by atoms with Crippen LogP contribution in [0.2, 0.25) is 0 Å². The van der Waals surface area contributed by atoms with Gasteiger partial charge in [0.05, 0.1) is 12.1 Å². The molecule has 1 aromatic heterocycles. The van der Waals surface area contributed by atoms with E-state index in [2.05, 4.69) is 41.5 Å². The zero-order valence-electron chi connectivity index (χ0n) is 16.9. The smallest absolute Gasteiger partial charge is 0.335 e. The van der Waals surface area contributed by atoms with Crippen molar-refractivity contribution in [2.45, 2.75) is 38.1 Å². The first kappa shape index (κ1) is 23.9. The normalized spacial score (nSPS) is 17.3. The lowest BCUT2D eigenvalue weighted by molar-refractivity contribution is -0.129. The Hall–Kier alpha value is -3.10. The molecule has 1 aromatic rings. The number of nitrogens with one attached hydrogen (secondary N) is 1. The fourth-order valence-electron chi connectivity index (χ4n) is 3.50. The monoisotopic (exact) mass is 399 g/mol. The van der Waals surface area contributed by atoms with Gasteiger partial charge in [-0.1, -0.05) is 0 Å². The summed E-state index contributed by atoms with van der Waals surface area (Å²) in [7, 11) is 0. The van der Waals surface area contributed by atoms with Crippen LogP contribution in [0.4, 0.5) is 5.82 Å². The van der Waals surface area contributed by atoms with Crippen LogP contribution in [-0.2, 0) is 4.79 Å². The Balaban J connectivity index is 0.000000989. The number of carboxylic acid groups (broad SMARTS) is 1. The number of pyridine rings is 1. The van der Waals surface area contributed by atoms with Crippen molar-refractivity contribution < 1.29 is 14.7 Å². The molecule has 2 aliphatic heterocycles. The van der Waals surface area contributed by atoms with E-state index in [4.69, 9.17) is 10.4 Å². The molecule has 0 saturated carbocycles. The van der Waals surface area contributed by atoms with Crippen LogP contribution in [0.5, 0.6) is 0 Å². The predicted molar refractivity (Wildman–Crippen MR) is 111 cm³/mol. The average molecular weight is 399 g/mol. The summed E-state index contributed by atoms with van der Waals surface area (Å²) in [6.07, 6.45) is 13.5. The van der Waals surface area contributed by atoms with E-state index in [1.54, 1.807) is 12.3 Å². The number of nitrogens with zero attached hydrogens (tertiary/aromatic N) is 4. The molecule has 1 amide bonds. The highest BCUT2D eigenvalue weighted by atomic mass is 16.4. The highest BCUT2D eigenvalue weighted by molar-refractivity contribution is 5.88. The lowest BCUT2D eigenvalue weighted by Gasteiger charge is -2.40. The van der Waals surface area contributed by atoms with E-state index in [1.807, 2.05) is 4.90 Å². The molecule has 2 N–H and O–H groups in total. The summed E-state index contributed by atoms with van der Waals surface area (Å²) >= 11 is 0. The molecule has 0 spiro atoms. The highest BCUT2D eigenvalue weighted by Gasteiger charge is 2.31. The molecule has 0 aromatic carbocycles. The minimum Gasteiger partial charge on any atom is -0.478 e. The summed E-state index contributed by atoms with van der Waals surface area (Å²) < 4.78 is 0. The lowest BCUT2D eigenvalue weighted by atomic mass is 9.89. The number of carboxylic acids is 1. The minimum atomic E-state index is -0.937. The number of aromatic carboxylic acids is 1. The number of rotatable bonds is 5. The van der Waals surface area contributed by atoms with E-state index < -0.39 is 5.97 Å². The summed E-state index contributed by atoms with van der Waals surface area (Å²) in [5, 5.41) is 19.1. The molecule has 2 aliphatic rings. The number of piperidine rings is 1. The van der Waals surface area contributed by atoms with E-state index in [-0.39, 0.29) is 17.0 Å². The Labute approximate surface area is 172 Å². The SMILES string of the molecule is C#C.C#N.CC1(NCC(=O)N2CCCC2)CCN(c2cc(C(=O)O)ccn2)CC1. The number of anilines is 1. The summed E-state index contributed by atoms with van der Waals surface area (Å²) in [4.78, 5) is 31.7. The van der Waals surface area contributed by atoms with Crippen molar-refractivity contribution in [3.8, 4) is 19.4 Å². The van der Waals surface area contributed by atoms with Gasteiger partial charge in [-0.3, -0.25) is 4.79 Å². The van der Waals surface area contributed by atoms with Crippen LogP contribution >= 0.6 is 0 Å². The molecule has 156 valence electrons. The second kappa shape index (κ2) is 11.7. The molecular weight excluding hydrogens is 370 g/mol. The summed E-state index contributed by atoms with van der Waals surface area (Å²) in [6, 6.07) is 3.13. The quantitative estimate of drug-likeness (QED) is 0.726. The molecule has 0 atom stereocenters. The first-order chi connectivity index (χ1) is 14.0. The third kappa shape index (κ3) is 6.78. The number of nitriles is 1. The standard InChI is InChI=1S/C18H26N4O3.C2H2.CHN/c1-18(20-13-16(23)22-8-2-3-9-22)5-10-21(11-6-18)15-12-14(17(24)25)4-7-19-15;2*1-2/h4,7,12,20H,2-3,5-6,8-11,13H2,1H3,(H,24,25);1-2H;1H. The number of hydrogen-bond acceptors (Lipinski definition) is 6. The van der Waals surface area contributed by atoms with Crippen molar-refractivity contribution in [1.29, 1.82) is 5.26 Å². The number of carbonyl (C=O) groups excluding carboxylic acids is 1. The molecule has 0 bridgehead atoms. The summed E-state index contributed by atoms with van der Waals surface area (Å²) in [5.74, 6) is -0.0420. The van der Waals surface area contributed by atoms with Gasteiger partial charge in [0.1, 0.15) is 5.82 Å². The van der Waals surface area contributed by atoms with E-state index >= 15 is 0 Å². The molecule has 0 radical (unpaired) electrons. The van der Waals surface area contributed by atoms with Crippen LogP contribution in [0.15, 0.2) is 18.3 Å². The second-order valence-electron chi connectivity index (χ2n) is 7.20. The zero-order valence-corrected chi connectivity index (χ0v) is 16.9. The number of hydrogen-bond donors (Lipinski definition) is 2.